The predicted octanol–water partition coefficient (Wildman–Crippen LogP) is 3.95. The number of nitrogens with zero attached hydrogens (tertiary/aromatic N) is 1. The zero-order chi connectivity index (χ0) is 20.7. The van der Waals surface area contributed by atoms with Crippen LogP contribution < -0.4 is 20.2 Å². The molecule has 2 aromatic carbocycles. The first-order valence-electron chi connectivity index (χ1n) is 8.17. The summed E-state index contributed by atoms with van der Waals surface area (Å²) in [5.74, 6) is -0.818. The van der Waals surface area contributed by atoms with Crippen molar-refractivity contribution in [3.8, 4) is 11.5 Å². The lowest BCUT2D eigenvalue weighted by Crippen LogP contribution is -2.34. The molecule has 0 heterocycles. The van der Waals surface area contributed by atoms with Gasteiger partial charge in [0.05, 0.1) is 30.6 Å². The van der Waals surface area contributed by atoms with E-state index in [1.807, 2.05) is 6.07 Å². The maximum Gasteiger partial charge on any atom is 0.252 e. The van der Waals surface area contributed by atoms with Crippen LogP contribution in [0.1, 0.15) is 12.5 Å². The van der Waals surface area contributed by atoms with Gasteiger partial charge in [-0.1, -0.05) is 12.1 Å². The van der Waals surface area contributed by atoms with E-state index in [9.17, 15) is 9.59 Å². The van der Waals surface area contributed by atoms with Crippen molar-refractivity contribution in [3.63, 3.8) is 0 Å². The molecule has 0 saturated heterocycles. The fraction of sp³-hybridized carbons (Fsp3) is 0.211. The number of hydrogen-bond donors (Lipinski definition) is 2. The molecule has 0 aliphatic heterocycles. The molecular weight excluding hydrogens is 494 g/mol. The maximum absolute atomic E-state index is 12.3. The average Bonchev–Trinajstić information content (AvgIpc) is 2.68. The topological polar surface area (TPSA) is 89.0 Å². The van der Waals surface area contributed by atoms with Gasteiger partial charge in [-0.15, -0.1) is 0 Å². The quantitative estimate of drug-likeness (QED) is 0.334. The Kier molecular flexibility index (Phi) is 8.01. The van der Waals surface area contributed by atoms with Crippen molar-refractivity contribution in [3.05, 3.63) is 50.9 Å². The number of amides is 2. The van der Waals surface area contributed by atoms with Gasteiger partial charge in [-0.3, -0.25) is 9.59 Å². The van der Waals surface area contributed by atoms with E-state index in [1.54, 1.807) is 30.3 Å². The van der Waals surface area contributed by atoms with Gasteiger partial charge in [-0.25, -0.2) is 5.43 Å². The Hall–Kier alpha value is -2.39. The molecule has 0 aromatic heterocycles. The second-order valence-corrected chi connectivity index (χ2v) is 7.37. The second kappa shape index (κ2) is 10.2. The summed E-state index contributed by atoms with van der Waals surface area (Å²) in [6, 6.07) is 10.6. The molecule has 28 heavy (non-hydrogen) atoms. The van der Waals surface area contributed by atoms with Gasteiger partial charge in [0, 0.05) is 4.47 Å². The van der Waals surface area contributed by atoms with Gasteiger partial charge in [0.2, 0.25) is 5.91 Å². The summed E-state index contributed by atoms with van der Waals surface area (Å²) in [5, 5.41) is 6.61. The number of hydrazone groups is 1. The van der Waals surface area contributed by atoms with Crippen LogP contribution in [-0.4, -0.2) is 32.2 Å². The minimum absolute atomic E-state index is 0.437. The van der Waals surface area contributed by atoms with Gasteiger partial charge in [0.25, 0.3) is 5.91 Å². The van der Waals surface area contributed by atoms with Gasteiger partial charge in [-0.05, 0) is 68.6 Å². The molecule has 148 valence electrons. The first-order valence-corrected chi connectivity index (χ1v) is 9.75. The normalized spacial score (nSPS) is 11.8. The van der Waals surface area contributed by atoms with E-state index in [0.29, 0.717) is 27.2 Å². The smallest absolute Gasteiger partial charge is 0.252 e. The van der Waals surface area contributed by atoms with Crippen molar-refractivity contribution in [2.75, 3.05) is 19.5 Å². The van der Waals surface area contributed by atoms with E-state index in [0.717, 1.165) is 4.47 Å². The van der Waals surface area contributed by atoms with Crippen LogP contribution in [0.3, 0.4) is 0 Å². The van der Waals surface area contributed by atoms with Crippen molar-refractivity contribution in [2.45, 2.75) is 6.92 Å². The van der Waals surface area contributed by atoms with E-state index in [-0.39, 0.29) is 0 Å². The number of halogens is 2. The molecule has 2 rings (SSSR count). The minimum atomic E-state index is -0.929. The number of nitrogens with one attached hydrogen (secondary N) is 2. The molecule has 9 heteroatoms. The lowest BCUT2D eigenvalue weighted by Gasteiger charge is -2.12. The first-order chi connectivity index (χ1) is 13.4. The van der Waals surface area contributed by atoms with Crippen LogP contribution in [0, 0.1) is 5.92 Å². The highest BCUT2D eigenvalue weighted by atomic mass is 79.9. The van der Waals surface area contributed by atoms with Crippen molar-refractivity contribution in [1.82, 2.24) is 5.43 Å². The van der Waals surface area contributed by atoms with Crippen molar-refractivity contribution in [2.24, 2.45) is 11.0 Å². The highest BCUT2D eigenvalue weighted by Crippen LogP contribution is 2.35. The third kappa shape index (κ3) is 5.56. The lowest BCUT2D eigenvalue weighted by atomic mass is 10.1. The fourth-order valence-electron chi connectivity index (χ4n) is 2.20. The van der Waals surface area contributed by atoms with Gasteiger partial charge in [-0.2, -0.15) is 5.10 Å². The Bertz CT molecular complexity index is 903. The standard InChI is InChI=1S/C19H19Br2N3O4/c1-11(18(25)23-15-7-5-4-6-13(15)20)19(26)24-22-10-12-8-14(21)17(28-3)16(9-12)27-2/h4-11H,1-3H3,(H,23,25)(H,24,26). The van der Waals surface area contributed by atoms with Crippen LogP contribution in [0.15, 0.2) is 50.4 Å². The molecule has 0 aliphatic rings. The number of carbonyl (C=O) groups is 2. The molecule has 0 bridgehead atoms. The van der Waals surface area contributed by atoms with E-state index in [1.165, 1.54) is 27.4 Å². The monoisotopic (exact) mass is 511 g/mol. The average molecular weight is 513 g/mol. The van der Waals surface area contributed by atoms with Gasteiger partial charge in [0.15, 0.2) is 11.5 Å². The van der Waals surface area contributed by atoms with Gasteiger partial charge in [0.1, 0.15) is 5.92 Å². The van der Waals surface area contributed by atoms with Crippen molar-refractivity contribution >= 4 is 55.6 Å². The number of rotatable bonds is 7. The van der Waals surface area contributed by atoms with Crippen LogP contribution in [0.5, 0.6) is 11.5 Å². The van der Waals surface area contributed by atoms with Crippen LogP contribution in [0.2, 0.25) is 0 Å². The van der Waals surface area contributed by atoms with E-state index < -0.39 is 17.7 Å². The number of carbonyl (C=O) groups excluding carboxylic acids is 2. The number of hydrogen-bond acceptors (Lipinski definition) is 5. The summed E-state index contributed by atoms with van der Waals surface area (Å²) in [6.45, 7) is 1.50. The van der Waals surface area contributed by atoms with Crippen LogP contribution in [0.4, 0.5) is 5.69 Å². The zero-order valence-electron chi connectivity index (χ0n) is 15.5. The maximum atomic E-state index is 12.3. The van der Waals surface area contributed by atoms with E-state index >= 15 is 0 Å². The molecule has 0 spiro atoms. The second-order valence-electron chi connectivity index (χ2n) is 5.66. The highest BCUT2D eigenvalue weighted by molar-refractivity contribution is 9.11. The van der Waals surface area contributed by atoms with Crippen LogP contribution in [0.25, 0.3) is 0 Å². The molecule has 1 atom stereocenters. The summed E-state index contributed by atoms with van der Waals surface area (Å²) in [7, 11) is 3.06. The van der Waals surface area contributed by atoms with Crippen molar-refractivity contribution < 1.29 is 19.1 Å². The molecule has 0 fully saturated rings. The number of methoxy groups -OCH3 is 2. The molecule has 0 saturated carbocycles. The fourth-order valence-corrected chi connectivity index (χ4v) is 3.21. The summed E-state index contributed by atoms with van der Waals surface area (Å²) >= 11 is 6.73. The van der Waals surface area contributed by atoms with Crippen molar-refractivity contribution in [1.29, 1.82) is 0 Å². The van der Waals surface area contributed by atoms with Crippen LogP contribution in [-0.2, 0) is 9.59 Å². The summed E-state index contributed by atoms with van der Waals surface area (Å²) in [4.78, 5) is 24.4. The Morgan fingerprint density at radius 1 is 1.07 bits per heavy atom. The molecule has 7 nitrogen and oxygen atoms in total. The molecule has 0 aliphatic carbocycles. The SMILES string of the molecule is COc1cc(C=NNC(=O)C(C)C(=O)Nc2ccccc2Br)cc(Br)c1OC. The molecule has 0 radical (unpaired) electrons. The molecule has 1 unspecified atom stereocenters. The van der Waals surface area contributed by atoms with Gasteiger partial charge < -0.3 is 14.8 Å². The summed E-state index contributed by atoms with van der Waals surface area (Å²) in [5.41, 5.74) is 3.63. The third-order valence-corrected chi connectivity index (χ3v) is 5.04. The Morgan fingerprint density at radius 2 is 1.79 bits per heavy atom. The number of benzene rings is 2. The molecule has 2 N–H and O–H groups in total. The zero-order valence-corrected chi connectivity index (χ0v) is 18.6. The van der Waals surface area contributed by atoms with Crippen LogP contribution >= 0.6 is 31.9 Å². The van der Waals surface area contributed by atoms with E-state index in [4.69, 9.17) is 9.47 Å². The largest absolute Gasteiger partial charge is 0.493 e. The van der Waals surface area contributed by atoms with Gasteiger partial charge >= 0.3 is 0 Å². The highest BCUT2D eigenvalue weighted by Gasteiger charge is 2.21. The third-order valence-electron chi connectivity index (χ3n) is 3.76. The lowest BCUT2D eigenvalue weighted by molar-refractivity contribution is -0.131. The molecular formula is C19H19Br2N3O4. The Balaban J connectivity index is 2.00. The summed E-state index contributed by atoms with van der Waals surface area (Å²) < 4.78 is 11.9. The number of anilines is 1. The predicted molar refractivity (Wildman–Crippen MR) is 115 cm³/mol. The molecule has 2 amide bonds. The first kappa shape index (κ1) is 21.9. The Morgan fingerprint density at radius 3 is 2.43 bits per heavy atom. The minimum Gasteiger partial charge on any atom is -0.493 e. The number of para-hydroxylation sites is 1. The summed E-state index contributed by atoms with van der Waals surface area (Å²) in [6.07, 6.45) is 1.45. The number of ether oxygens (including phenoxy) is 2. The Labute approximate surface area is 179 Å². The van der Waals surface area contributed by atoms with E-state index in [2.05, 4.69) is 47.7 Å². The molecule has 2 aromatic rings.